The van der Waals surface area contributed by atoms with Crippen LogP contribution in [0.5, 0.6) is 0 Å². The largest absolute Gasteiger partial charge is 0.348 e. The number of fused-ring (bicyclic) bond motifs is 1. The number of carbonyl (C=O) groups excluding carboxylic acids is 1. The molecule has 0 aromatic carbocycles. The molecule has 1 fully saturated rings. The van der Waals surface area contributed by atoms with Crippen LogP contribution in [-0.4, -0.2) is 16.5 Å². The van der Waals surface area contributed by atoms with Gasteiger partial charge in [0.05, 0.1) is 0 Å². The molecule has 0 radical (unpaired) electrons. The van der Waals surface area contributed by atoms with Gasteiger partial charge in [-0.15, -0.1) is 11.3 Å². The van der Waals surface area contributed by atoms with Crippen LogP contribution in [0.15, 0.2) is 29.7 Å². The van der Waals surface area contributed by atoms with Crippen molar-refractivity contribution in [3.63, 3.8) is 0 Å². The van der Waals surface area contributed by atoms with Gasteiger partial charge in [-0.2, -0.15) is 0 Å². The first-order valence-corrected chi connectivity index (χ1v) is 8.66. The van der Waals surface area contributed by atoms with Crippen LogP contribution in [0.1, 0.15) is 49.5 Å². The third-order valence-electron chi connectivity index (χ3n) is 4.20. The third-order valence-corrected chi connectivity index (χ3v) is 5.15. The van der Waals surface area contributed by atoms with Crippen molar-refractivity contribution >= 4 is 27.5 Å². The summed E-state index contributed by atoms with van der Waals surface area (Å²) in [6.07, 6.45) is 10.1. The molecule has 3 nitrogen and oxygen atoms in total. The molecule has 1 N–H and O–H groups in total. The van der Waals surface area contributed by atoms with Crippen LogP contribution in [0.3, 0.4) is 0 Å². The fourth-order valence-corrected chi connectivity index (χ4v) is 3.97. The molecular weight excluding hydrogens is 280 g/mol. The summed E-state index contributed by atoms with van der Waals surface area (Å²) >= 11 is 1.70. The van der Waals surface area contributed by atoms with E-state index in [1.54, 1.807) is 11.3 Å². The minimum absolute atomic E-state index is 0.0785. The Bertz CT molecular complexity index is 647. The summed E-state index contributed by atoms with van der Waals surface area (Å²) in [5, 5.41) is 6.47. The topological polar surface area (TPSA) is 34.0 Å². The molecule has 21 heavy (non-hydrogen) atoms. The number of rotatable bonds is 4. The van der Waals surface area contributed by atoms with E-state index in [4.69, 9.17) is 0 Å². The highest BCUT2D eigenvalue weighted by Crippen LogP contribution is 2.26. The average molecular weight is 302 g/mol. The molecule has 2 aromatic heterocycles. The average Bonchev–Trinajstić information content (AvgIpc) is 3.07. The molecule has 3 rings (SSSR count). The number of hydrogen-bond acceptors (Lipinski definition) is 2. The lowest BCUT2D eigenvalue weighted by molar-refractivity contribution is 0.0919. The zero-order chi connectivity index (χ0) is 14.7. The van der Waals surface area contributed by atoms with Crippen LogP contribution < -0.4 is 5.32 Å². The van der Waals surface area contributed by atoms with E-state index < -0.39 is 0 Å². The number of allylic oxidation sites excluding steroid dienone is 2. The summed E-state index contributed by atoms with van der Waals surface area (Å²) in [5.74, 6) is 0.0785. The van der Waals surface area contributed by atoms with Gasteiger partial charge in [-0.1, -0.05) is 31.4 Å². The van der Waals surface area contributed by atoms with Crippen molar-refractivity contribution < 1.29 is 4.79 Å². The van der Waals surface area contributed by atoms with Crippen LogP contribution in [0.2, 0.25) is 0 Å². The number of nitrogens with one attached hydrogen (secondary N) is 1. The molecule has 0 bridgehead atoms. The standard InChI is InChI=1S/C17H22N2OS/c1-2-3-10-19-15(12-13-9-11-21-17(13)19)16(20)18-14-7-5-4-6-8-14/h2-3,9,11-12,14H,4-8,10H2,1H3,(H,18,20)/b3-2-. The van der Waals surface area contributed by atoms with Crippen LogP contribution in [0.4, 0.5) is 0 Å². The van der Waals surface area contributed by atoms with Gasteiger partial charge in [0.2, 0.25) is 0 Å². The zero-order valence-electron chi connectivity index (χ0n) is 12.5. The van der Waals surface area contributed by atoms with Crippen molar-refractivity contribution in [2.45, 2.75) is 51.6 Å². The maximum absolute atomic E-state index is 12.6. The van der Waals surface area contributed by atoms with Gasteiger partial charge < -0.3 is 9.88 Å². The molecular formula is C17H22N2OS. The van der Waals surface area contributed by atoms with Gasteiger partial charge >= 0.3 is 0 Å². The summed E-state index contributed by atoms with van der Waals surface area (Å²) < 4.78 is 2.12. The fourth-order valence-electron chi connectivity index (χ4n) is 3.06. The Kier molecular flexibility index (Phi) is 4.44. The zero-order valence-corrected chi connectivity index (χ0v) is 13.3. The molecule has 1 amide bonds. The first kappa shape index (κ1) is 14.4. The van der Waals surface area contributed by atoms with E-state index in [1.807, 2.05) is 19.1 Å². The smallest absolute Gasteiger partial charge is 0.268 e. The second kappa shape index (κ2) is 6.48. The Balaban J connectivity index is 1.83. The normalized spacial score (nSPS) is 16.8. The van der Waals surface area contributed by atoms with Crippen LogP contribution >= 0.6 is 11.3 Å². The molecule has 0 atom stereocenters. The summed E-state index contributed by atoms with van der Waals surface area (Å²) in [6, 6.07) is 4.46. The number of carbonyl (C=O) groups is 1. The molecule has 0 aliphatic heterocycles. The van der Waals surface area contributed by atoms with Gasteiger partial charge in [0.15, 0.2) is 0 Å². The van der Waals surface area contributed by atoms with Crippen molar-refractivity contribution in [1.82, 2.24) is 9.88 Å². The van der Waals surface area contributed by atoms with E-state index in [9.17, 15) is 4.79 Å². The number of nitrogens with zero attached hydrogens (tertiary/aromatic N) is 1. The number of aromatic nitrogens is 1. The predicted octanol–water partition coefficient (Wildman–Crippen LogP) is 4.34. The van der Waals surface area contributed by atoms with Gasteiger partial charge in [-0.25, -0.2) is 0 Å². The molecule has 0 saturated heterocycles. The Hall–Kier alpha value is -1.55. The maximum Gasteiger partial charge on any atom is 0.268 e. The number of thiophene rings is 1. The highest BCUT2D eigenvalue weighted by atomic mass is 32.1. The molecule has 1 aliphatic rings. The van der Waals surface area contributed by atoms with E-state index in [2.05, 4.69) is 27.4 Å². The number of hydrogen-bond donors (Lipinski definition) is 1. The van der Waals surface area contributed by atoms with E-state index in [-0.39, 0.29) is 5.91 Å². The quantitative estimate of drug-likeness (QED) is 0.837. The summed E-state index contributed by atoms with van der Waals surface area (Å²) in [4.78, 5) is 13.8. The van der Waals surface area contributed by atoms with Gasteiger partial charge in [-0.3, -0.25) is 4.79 Å². The SMILES string of the molecule is C/C=C\Cn1c(C(=O)NC2CCCCC2)cc2ccsc21. The molecule has 2 aromatic rings. The molecule has 2 heterocycles. The lowest BCUT2D eigenvalue weighted by Crippen LogP contribution is -2.37. The van der Waals surface area contributed by atoms with Crippen molar-refractivity contribution in [3.8, 4) is 0 Å². The Morgan fingerprint density at radius 3 is 3.00 bits per heavy atom. The van der Waals surface area contributed by atoms with Gasteiger partial charge in [0.25, 0.3) is 5.91 Å². The third kappa shape index (κ3) is 3.05. The lowest BCUT2D eigenvalue weighted by atomic mass is 9.95. The van der Waals surface area contributed by atoms with Crippen LogP contribution in [0, 0.1) is 0 Å². The molecule has 1 saturated carbocycles. The van der Waals surface area contributed by atoms with E-state index in [1.165, 1.54) is 29.5 Å². The highest BCUT2D eigenvalue weighted by Gasteiger charge is 2.20. The van der Waals surface area contributed by atoms with Crippen molar-refractivity contribution in [2.75, 3.05) is 0 Å². The summed E-state index contributed by atoms with van der Waals surface area (Å²) in [6.45, 7) is 2.77. The minimum atomic E-state index is 0.0785. The van der Waals surface area contributed by atoms with E-state index in [0.29, 0.717) is 6.04 Å². The highest BCUT2D eigenvalue weighted by molar-refractivity contribution is 7.16. The predicted molar refractivity (Wildman–Crippen MR) is 89.0 cm³/mol. The molecule has 112 valence electrons. The molecule has 1 aliphatic carbocycles. The maximum atomic E-state index is 12.6. The molecule has 0 unspecified atom stereocenters. The second-order valence-corrected chi connectivity index (χ2v) is 6.59. The van der Waals surface area contributed by atoms with Crippen LogP contribution in [0.25, 0.3) is 10.2 Å². The number of amides is 1. The van der Waals surface area contributed by atoms with E-state index >= 15 is 0 Å². The Morgan fingerprint density at radius 1 is 1.43 bits per heavy atom. The molecule has 4 heteroatoms. The van der Waals surface area contributed by atoms with Crippen LogP contribution in [-0.2, 0) is 6.54 Å². The lowest BCUT2D eigenvalue weighted by Gasteiger charge is -2.23. The molecule has 0 spiro atoms. The van der Waals surface area contributed by atoms with Crippen molar-refractivity contribution in [2.24, 2.45) is 0 Å². The summed E-state index contributed by atoms with van der Waals surface area (Å²) in [7, 11) is 0. The first-order valence-electron chi connectivity index (χ1n) is 7.78. The Morgan fingerprint density at radius 2 is 2.24 bits per heavy atom. The monoisotopic (exact) mass is 302 g/mol. The second-order valence-electron chi connectivity index (χ2n) is 5.70. The van der Waals surface area contributed by atoms with Crippen molar-refractivity contribution in [1.29, 1.82) is 0 Å². The summed E-state index contributed by atoms with van der Waals surface area (Å²) in [5.41, 5.74) is 0.792. The van der Waals surface area contributed by atoms with E-state index in [0.717, 1.165) is 25.1 Å². The minimum Gasteiger partial charge on any atom is -0.348 e. The fraction of sp³-hybridized carbons (Fsp3) is 0.471. The van der Waals surface area contributed by atoms with Gasteiger partial charge in [0, 0.05) is 18.0 Å². The van der Waals surface area contributed by atoms with Gasteiger partial charge in [-0.05, 0) is 37.3 Å². The Labute approximate surface area is 129 Å². The van der Waals surface area contributed by atoms with Gasteiger partial charge in [0.1, 0.15) is 10.5 Å². The van der Waals surface area contributed by atoms with Crippen molar-refractivity contribution in [3.05, 3.63) is 35.4 Å². The first-order chi connectivity index (χ1) is 10.3.